The van der Waals surface area contributed by atoms with Crippen LogP contribution in [-0.4, -0.2) is 11.9 Å². The van der Waals surface area contributed by atoms with E-state index in [0.29, 0.717) is 10.7 Å². The van der Waals surface area contributed by atoms with Crippen LogP contribution in [0.3, 0.4) is 0 Å². The van der Waals surface area contributed by atoms with Crippen molar-refractivity contribution in [3.63, 3.8) is 0 Å². The quantitative estimate of drug-likeness (QED) is 0.805. The minimum Gasteiger partial charge on any atom is -0.459 e. The Morgan fingerprint density at radius 1 is 1.40 bits per heavy atom. The molecule has 2 aromatic rings. The molecule has 1 aliphatic rings. The van der Waals surface area contributed by atoms with E-state index in [1.165, 1.54) is 11.2 Å². The molecule has 20 heavy (non-hydrogen) atoms. The zero-order valence-electron chi connectivity index (χ0n) is 10.3. The van der Waals surface area contributed by atoms with E-state index in [0.717, 1.165) is 5.56 Å². The molecule has 2 heterocycles. The van der Waals surface area contributed by atoms with Crippen LogP contribution in [0.1, 0.15) is 16.1 Å². The SMILES string of the molecule is N#C[C@H]1C=Cc2cc(Cl)ccc2N1C(=O)c1ccco1. The highest BCUT2D eigenvalue weighted by atomic mass is 35.5. The Bertz CT molecular complexity index is 729. The number of furan rings is 1. The number of anilines is 1. The Kier molecular flexibility index (Phi) is 3.05. The largest absolute Gasteiger partial charge is 0.459 e. The minimum absolute atomic E-state index is 0.196. The van der Waals surface area contributed by atoms with E-state index in [1.807, 2.05) is 0 Å². The Morgan fingerprint density at radius 3 is 2.95 bits per heavy atom. The maximum atomic E-state index is 12.5. The van der Waals surface area contributed by atoms with Gasteiger partial charge in [0.1, 0.15) is 6.04 Å². The summed E-state index contributed by atoms with van der Waals surface area (Å²) >= 11 is 5.95. The summed E-state index contributed by atoms with van der Waals surface area (Å²) in [4.78, 5) is 13.9. The van der Waals surface area contributed by atoms with E-state index >= 15 is 0 Å². The number of halogens is 1. The molecule has 1 aromatic carbocycles. The molecule has 0 aliphatic carbocycles. The molecule has 0 bridgehead atoms. The maximum absolute atomic E-state index is 12.5. The molecule has 0 unspecified atom stereocenters. The van der Waals surface area contributed by atoms with Crippen molar-refractivity contribution in [2.75, 3.05) is 4.90 Å². The van der Waals surface area contributed by atoms with Gasteiger partial charge in [-0.3, -0.25) is 9.69 Å². The van der Waals surface area contributed by atoms with Gasteiger partial charge < -0.3 is 4.42 Å². The van der Waals surface area contributed by atoms with Crippen molar-refractivity contribution >= 4 is 29.3 Å². The third-order valence-corrected chi connectivity index (χ3v) is 3.30. The topological polar surface area (TPSA) is 57.2 Å². The lowest BCUT2D eigenvalue weighted by Crippen LogP contribution is -2.40. The number of fused-ring (bicyclic) bond motifs is 1. The molecule has 0 saturated heterocycles. The number of nitrogens with zero attached hydrogens (tertiary/aromatic N) is 2. The fourth-order valence-electron chi connectivity index (χ4n) is 2.16. The molecule has 5 heteroatoms. The van der Waals surface area contributed by atoms with Gasteiger partial charge in [-0.15, -0.1) is 0 Å². The fourth-order valence-corrected chi connectivity index (χ4v) is 2.34. The predicted octanol–water partition coefficient (Wildman–Crippen LogP) is 3.50. The van der Waals surface area contributed by atoms with E-state index in [9.17, 15) is 10.1 Å². The number of hydrogen-bond donors (Lipinski definition) is 0. The fraction of sp³-hybridized carbons (Fsp3) is 0.0667. The van der Waals surface area contributed by atoms with E-state index in [4.69, 9.17) is 16.0 Å². The number of hydrogen-bond acceptors (Lipinski definition) is 3. The van der Waals surface area contributed by atoms with E-state index in [1.54, 1.807) is 42.5 Å². The number of benzene rings is 1. The molecule has 4 nitrogen and oxygen atoms in total. The second-order valence-corrected chi connectivity index (χ2v) is 4.73. The van der Waals surface area contributed by atoms with E-state index < -0.39 is 6.04 Å². The molecule has 1 atom stereocenters. The third-order valence-electron chi connectivity index (χ3n) is 3.07. The summed E-state index contributed by atoms with van der Waals surface area (Å²) in [5.74, 6) is -0.157. The van der Waals surface area contributed by atoms with Crippen molar-refractivity contribution in [1.82, 2.24) is 0 Å². The molecule has 3 rings (SSSR count). The van der Waals surface area contributed by atoms with Gasteiger partial charge in [-0.2, -0.15) is 5.26 Å². The van der Waals surface area contributed by atoms with Crippen molar-refractivity contribution in [3.05, 3.63) is 59.0 Å². The van der Waals surface area contributed by atoms with Crippen molar-refractivity contribution in [1.29, 1.82) is 5.26 Å². The summed E-state index contributed by atoms with van der Waals surface area (Å²) in [7, 11) is 0. The molecule has 1 aliphatic heterocycles. The average molecular weight is 285 g/mol. The standard InChI is InChI=1S/C15H9ClN2O2/c16-11-4-6-13-10(8-11)3-5-12(9-17)18(13)15(19)14-2-1-7-20-14/h1-8,12H/t12-/m1/s1. The highest BCUT2D eigenvalue weighted by Gasteiger charge is 2.30. The van der Waals surface area contributed by atoms with Crippen LogP contribution in [-0.2, 0) is 0 Å². The van der Waals surface area contributed by atoms with Crippen LogP contribution in [0.2, 0.25) is 5.02 Å². The number of nitriles is 1. The van der Waals surface area contributed by atoms with Crippen LogP contribution in [0.4, 0.5) is 5.69 Å². The monoisotopic (exact) mass is 284 g/mol. The number of carbonyl (C=O) groups is 1. The number of rotatable bonds is 1. The van der Waals surface area contributed by atoms with Gasteiger partial charge in [0.05, 0.1) is 18.0 Å². The summed E-state index contributed by atoms with van der Waals surface area (Å²) < 4.78 is 5.13. The van der Waals surface area contributed by atoms with Gasteiger partial charge in [0.2, 0.25) is 0 Å². The highest BCUT2D eigenvalue weighted by molar-refractivity contribution is 6.31. The maximum Gasteiger partial charge on any atom is 0.295 e. The lowest BCUT2D eigenvalue weighted by Gasteiger charge is -2.29. The van der Waals surface area contributed by atoms with Gasteiger partial charge in [0, 0.05) is 5.02 Å². The van der Waals surface area contributed by atoms with Gasteiger partial charge in [-0.05, 0) is 42.0 Å². The number of carbonyl (C=O) groups excluding carboxylic acids is 1. The molecule has 0 N–H and O–H groups in total. The molecule has 1 amide bonds. The average Bonchev–Trinajstić information content (AvgIpc) is 2.99. The van der Waals surface area contributed by atoms with E-state index in [-0.39, 0.29) is 11.7 Å². The highest BCUT2D eigenvalue weighted by Crippen LogP contribution is 2.32. The lowest BCUT2D eigenvalue weighted by molar-refractivity contribution is 0.0958. The van der Waals surface area contributed by atoms with Crippen LogP contribution in [0.15, 0.2) is 47.1 Å². The number of amides is 1. The lowest BCUT2D eigenvalue weighted by atomic mass is 10.0. The molecule has 1 aromatic heterocycles. The second-order valence-electron chi connectivity index (χ2n) is 4.29. The smallest absolute Gasteiger partial charge is 0.295 e. The molecule has 0 fully saturated rings. The molecule has 0 saturated carbocycles. The van der Waals surface area contributed by atoms with E-state index in [2.05, 4.69) is 6.07 Å². The summed E-state index contributed by atoms with van der Waals surface area (Å²) in [5.41, 5.74) is 1.44. The first-order valence-electron chi connectivity index (χ1n) is 5.95. The zero-order valence-corrected chi connectivity index (χ0v) is 11.0. The normalized spacial score (nSPS) is 16.6. The van der Waals surface area contributed by atoms with Crippen molar-refractivity contribution < 1.29 is 9.21 Å². The van der Waals surface area contributed by atoms with Gasteiger partial charge in [0.15, 0.2) is 5.76 Å². The van der Waals surface area contributed by atoms with Crippen molar-refractivity contribution in [2.45, 2.75) is 6.04 Å². The zero-order chi connectivity index (χ0) is 14.1. The van der Waals surface area contributed by atoms with Gasteiger partial charge in [-0.25, -0.2) is 0 Å². The Labute approximate surface area is 120 Å². The van der Waals surface area contributed by atoms with Gasteiger partial charge in [0.25, 0.3) is 5.91 Å². The Balaban J connectivity index is 2.10. The molecule has 98 valence electrons. The minimum atomic E-state index is -0.665. The Morgan fingerprint density at radius 2 is 2.25 bits per heavy atom. The second kappa shape index (κ2) is 4.87. The first-order chi connectivity index (χ1) is 9.70. The summed E-state index contributed by atoms with van der Waals surface area (Å²) in [6.07, 6.45) is 4.89. The molecule has 0 radical (unpaired) electrons. The summed E-state index contributed by atoms with van der Waals surface area (Å²) in [6, 6.07) is 9.81. The third kappa shape index (κ3) is 1.98. The van der Waals surface area contributed by atoms with Crippen LogP contribution >= 0.6 is 11.6 Å². The first-order valence-corrected chi connectivity index (χ1v) is 6.33. The van der Waals surface area contributed by atoms with Gasteiger partial charge >= 0.3 is 0 Å². The van der Waals surface area contributed by atoms with Crippen LogP contribution in [0, 0.1) is 11.3 Å². The van der Waals surface area contributed by atoms with Crippen LogP contribution in [0.25, 0.3) is 6.08 Å². The first kappa shape index (κ1) is 12.5. The predicted molar refractivity (Wildman–Crippen MR) is 75.4 cm³/mol. The van der Waals surface area contributed by atoms with Crippen molar-refractivity contribution in [2.24, 2.45) is 0 Å². The van der Waals surface area contributed by atoms with Crippen molar-refractivity contribution in [3.8, 4) is 6.07 Å². The molecule has 0 spiro atoms. The van der Waals surface area contributed by atoms with Crippen LogP contribution in [0.5, 0.6) is 0 Å². The summed E-state index contributed by atoms with van der Waals surface area (Å²) in [6.45, 7) is 0. The molecular weight excluding hydrogens is 276 g/mol. The van der Waals surface area contributed by atoms with Gasteiger partial charge in [-0.1, -0.05) is 17.7 Å². The summed E-state index contributed by atoms with van der Waals surface area (Å²) in [5, 5.41) is 9.81. The van der Waals surface area contributed by atoms with Crippen LogP contribution < -0.4 is 4.90 Å². The molecular formula is C15H9ClN2O2. The Hall–Kier alpha value is -2.51.